The molecule has 0 amide bonds. The van der Waals surface area contributed by atoms with Gasteiger partial charge in [-0.2, -0.15) is 0 Å². The third kappa shape index (κ3) is 5.80. The Hall–Kier alpha value is -2.73. The Bertz CT molecular complexity index is 1040. The molecule has 4 rings (SSSR count). The van der Waals surface area contributed by atoms with Gasteiger partial charge in [0.15, 0.2) is 5.54 Å². The molecule has 6 heteroatoms. The minimum atomic E-state index is -0.879. The van der Waals surface area contributed by atoms with E-state index in [0.29, 0.717) is 11.8 Å². The van der Waals surface area contributed by atoms with Crippen LogP contribution in [0.3, 0.4) is 0 Å². The third-order valence-corrected chi connectivity index (χ3v) is 8.26. The average Bonchev–Trinajstić information content (AvgIpc) is 3.20. The van der Waals surface area contributed by atoms with Crippen molar-refractivity contribution in [3.63, 3.8) is 0 Å². The van der Waals surface area contributed by atoms with Gasteiger partial charge in [0.25, 0.3) is 0 Å². The van der Waals surface area contributed by atoms with Crippen molar-refractivity contribution in [2.75, 3.05) is 27.7 Å². The van der Waals surface area contributed by atoms with Crippen molar-refractivity contribution < 1.29 is 13.9 Å². The molecule has 2 aromatic rings. The molecule has 1 saturated carbocycles. The molecule has 1 aliphatic heterocycles. The number of carbonyl (C=O) groups excluding carboxylic acids is 1. The molecular formula is C30H40FN3O2. The minimum Gasteiger partial charge on any atom is -0.467 e. The summed E-state index contributed by atoms with van der Waals surface area (Å²) in [5.74, 6) is 0.566. The normalized spacial score (nSPS) is 26.8. The minimum absolute atomic E-state index is 0.0110. The Labute approximate surface area is 215 Å². The van der Waals surface area contributed by atoms with Crippen LogP contribution in [-0.2, 0) is 16.0 Å². The summed E-state index contributed by atoms with van der Waals surface area (Å²) in [7, 11) is 5.62. The number of hydrogen-bond acceptors (Lipinski definition) is 5. The van der Waals surface area contributed by atoms with Gasteiger partial charge in [-0.3, -0.25) is 4.99 Å². The number of carbonyl (C=O) groups is 1. The van der Waals surface area contributed by atoms with Crippen LogP contribution in [0, 0.1) is 17.7 Å². The van der Waals surface area contributed by atoms with Crippen LogP contribution < -0.4 is 0 Å². The summed E-state index contributed by atoms with van der Waals surface area (Å²) in [4.78, 5) is 22.0. The van der Waals surface area contributed by atoms with Crippen LogP contribution in [0.5, 0.6) is 0 Å². The number of hydrogen-bond donors (Lipinski definition) is 0. The summed E-state index contributed by atoms with van der Waals surface area (Å²) < 4.78 is 19.1. The Morgan fingerprint density at radius 2 is 1.86 bits per heavy atom. The molecule has 2 aliphatic rings. The number of aliphatic imine (C=N–C) groups is 1. The third-order valence-electron chi connectivity index (χ3n) is 8.26. The van der Waals surface area contributed by atoms with Gasteiger partial charge in [-0.1, -0.05) is 55.3 Å². The first kappa shape index (κ1) is 26.3. The zero-order valence-electron chi connectivity index (χ0n) is 22.1. The molecule has 0 saturated heterocycles. The second kappa shape index (κ2) is 11.5. The predicted octanol–water partition coefficient (Wildman–Crippen LogP) is 5.51. The summed E-state index contributed by atoms with van der Waals surface area (Å²) in [5, 5.41) is 0. The van der Waals surface area contributed by atoms with Crippen LogP contribution >= 0.6 is 0 Å². The van der Waals surface area contributed by atoms with Gasteiger partial charge in [0.2, 0.25) is 0 Å². The lowest BCUT2D eigenvalue weighted by atomic mass is 9.73. The molecule has 3 unspecified atom stereocenters. The van der Waals surface area contributed by atoms with E-state index in [0.717, 1.165) is 50.6 Å². The van der Waals surface area contributed by atoms with Crippen molar-refractivity contribution >= 4 is 12.3 Å². The van der Waals surface area contributed by atoms with Gasteiger partial charge in [0.1, 0.15) is 5.82 Å². The zero-order valence-corrected chi connectivity index (χ0v) is 22.1. The van der Waals surface area contributed by atoms with Crippen molar-refractivity contribution in [1.29, 1.82) is 0 Å². The lowest BCUT2D eigenvalue weighted by molar-refractivity contribution is -0.148. The highest BCUT2D eigenvalue weighted by atomic mass is 19.1. The van der Waals surface area contributed by atoms with Crippen molar-refractivity contribution in [2.24, 2.45) is 16.8 Å². The molecule has 0 N–H and O–H groups in total. The van der Waals surface area contributed by atoms with E-state index >= 15 is 0 Å². The number of methoxy groups -OCH3 is 1. The maximum atomic E-state index is 13.9. The summed E-state index contributed by atoms with van der Waals surface area (Å²) in [6, 6.07) is 17.7. The topological polar surface area (TPSA) is 45.1 Å². The monoisotopic (exact) mass is 493 g/mol. The number of benzene rings is 2. The van der Waals surface area contributed by atoms with Crippen LogP contribution in [0.15, 0.2) is 59.6 Å². The number of esters is 1. The highest BCUT2D eigenvalue weighted by molar-refractivity contribution is 5.86. The first-order valence-electron chi connectivity index (χ1n) is 13.2. The van der Waals surface area contributed by atoms with E-state index in [9.17, 15) is 9.18 Å². The standard InChI is InChI=1S/C30H40FN3O2/c1-30(29(35)36-4)27(34(21-32-30)18-17-22-9-6-5-7-10-22)19-23-13-15-24(16-14-23)28(33(2)3)25-11-8-12-26(31)20-25/h5-12,20-21,23-24,27-28H,13-19H2,1-4H3. The van der Waals surface area contributed by atoms with Crippen molar-refractivity contribution in [3.05, 3.63) is 71.5 Å². The molecule has 5 nitrogen and oxygen atoms in total. The van der Waals surface area contributed by atoms with E-state index < -0.39 is 5.54 Å². The van der Waals surface area contributed by atoms with Gasteiger partial charge in [-0.15, -0.1) is 0 Å². The smallest absolute Gasteiger partial charge is 0.335 e. The Kier molecular flexibility index (Phi) is 8.45. The Morgan fingerprint density at radius 3 is 2.50 bits per heavy atom. The molecule has 1 fully saturated rings. The van der Waals surface area contributed by atoms with Crippen molar-refractivity contribution in [2.45, 2.75) is 63.1 Å². The number of rotatable bonds is 9. The van der Waals surface area contributed by atoms with Gasteiger partial charge in [-0.05, 0) is 81.8 Å². The van der Waals surface area contributed by atoms with Gasteiger partial charge in [-0.25, -0.2) is 9.18 Å². The lowest BCUT2D eigenvalue weighted by Crippen LogP contribution is -2.51. The van der Waals surface area contributed by atoms with Gasteiger partial charge < -0.3 is 14.5 Å². The van der Waals surface area contributed by atoms with Crippen molar-refractivity contribution in [1.82, 2.24) is 9.80 Å². The predicted molar refractivity (Wildman–Crippen MR) is 142 cm³/mol. The highest BCUT2D eigenvalue weighted by Crippen LogP contribution is 2.42. The fourth-order valence-electron chi connectivity index (χ4n) is 6.30. The molecular weight excluding hydrogens is 453 g/mol. The SMILES string of the molecule is COC(=O)C1(C)N=CN(CCc2ccccc2)C1CC1CCC(C(c2cccc(F)c2)N(C)C)CC1. The molecule has 2 aromatic carbocycles. The van der Waals surface area contributed by atoms with Crippen LogP contribution in [0.25, 0.3) is 0 Å². The second-order valence-electron chi connectivity index (χ2n) is 10.9. The lowest BCUT2D eigenvalue weighted by Gasteiger charge is -2.40. The molecule has 1 aliphatic carbocycles. The average molecular weight is 494 g/mol. The number of ether oxygens (including phenoxy) is 1. The zero-order chi connectivity index (χ0) is 25.7. The Balaban J connectivity index is 1.42. The van der Waals surface area contributed by atoms with Crippen LogP contribution in [-0.4, -0.2) is 61.4 Å². The van der Waals surface area contributed by atoms with Crippen LogP contribution in [0.4, 0.5) is 4.39 Å². The second-order valence-corrected chi connectivity index (χ2v) is 10.9. The summed E-state index contributed by atoms with van der Waals surface area (Å²) in [6.45, 7) is 2.74. The fourth-order valence-corrected chi connectivity index (χ4v) is 6.30. The van der Waals surface area contributed by atoms with Gasteiger partial charge in [0.05, 0.1) is 19.5 Å². The van der Waals surface area contributed by atoms with E-state index in [1.54, 1.807) is 6.07 Å². The molecule has 0 radical (unpaired) electrons. The van der Waals surface area contributed by atoms with E-state index in [-0.39, 0.29) is 23.9 Å². The molecule has 1 heterocycles. The summed E-state index contributed by atoms with van der Waals surface area (Å²) >= 11 is 0. The maximum absolute atomic E-state index is 13.9. The van der Waals surface area contributed by atoms with Gasteiger partial charge >= 0.3 is 5.97 Å². The summed E-state index contributed by atoms with van der Waals surface area (Å²) in [5.41, 5.74) is 1.46. The van der Waals surface area contributed by atoms with Gasteiger partial charge in [0, 0.05) is 12.6 Å². The van der Waals surface area contributed by atoms with Crippen LogP contribution in [0.2, 0.25) is 0 Å². The van der Waals surface area contributed by atoms with E-state index in [4.69, 9.17) is 4.74 Å². The maximum Gasteiger partial charge on any atom is 0.335 e. The number of halogens is 1. The number of nitrogens with zero attached hydrogens (tertiary/aromatic N) is 3. The first-order chi connectivity index (χ1) is 17.3. The van der Waals surface area contributed by atoms with E-state index in [1.165, 1.54) is 18.7 Å². The fraction of sp³-hybridized carbons (Fsp3) is 0.533. The molecule has 0 aromatic heterocycles. The largest absolute Gasteiger partial charge is 0.467 e. The molecule has 3 atom stereocenters. The highest BCUT2D eigenvalue weighted by Gasteiger charge is 2.49. The van der Waals surface area contributed by atoms with Crippen LogP contribution in [0.1, 0.15) is 56.2 Å². The summed E-state index contributed by atoms with van der Waals surface area (Å²) in [6.07, 6.45) is 8.08. The molecule has 194 valence electrons. The van der Waals surface area contributed by atoms with Crippen molar-refractivity contribution in [3.8, 4) is 0 Å². The molecule has 0 bridgehead atoms. The van der Waals surface area contributed by atoms with E-state index in [2.05, 4.69) is 53.2 Å². The molecule has 0 spiro atoms. The first-order valence-corrected chi connectivity index (χ1v) is 13.2. The Morgan fingerprint density at radius 1 is 1.14 bits per heavy atom. The quantitative estimate of drug-likeness (QED) is 0.432. The molecule has 36 heavy (non-hydrogen) atoms. The van der Waals surface area contributed by atoms with E-state index in [1.807, 2.05) is 31.5 Å².